The summed E-state index contributed by atoms with van der Waals surface area (Å²) in [6.07, 6.45) is 1.65. The molecule has 2 aliphatic rings. The first-order valence-electron chi connectivity index (χ1n) is 7.14. The zero-order valence-electron chi connectivity index (χ0n) is 11.9. The molecule has 2 N–H and O–H groups in total. The molecule has 0 bridgehead atoms. The third-order valence-corrected chi connectivity index (χ3v) is 5.46. The van der Waals surface area contributed by atoms with Crippen molar-refractivity contribution < 1.29 is 15.0 Å². The van der Waals surface area contributed by atoms with Crippen molar-refractivity contribution in [1.29, 1.82) is 0 Å². The predicted molar refractivity (Wildman–Crippen MR) is 70.0 cm³/mol. The third-order valence-electron chi connectivity index (χ3n) is 5.46. The molecule has 0 aliphatic heterocycles. The fraction of sp³-hybridized carbons (Fsp3) is 0.933. The van der Waals surface area contributed by atoms with E-state index in [0.717, 1.165) is 12.8 Å². The molecule has 0 radical (unpaired) electrons. The number of ketones is 1. The molecule has 0 saturated heterocycles. The van der Waals surface area contributed by atoms with Gasteiger partial charge in [-0.15, -0.1) is 0 Å². The Morgan fingerprint density at radius 1 is 1.33 bits per heavy atom. The number of aliphatic hydroxyl groups excluding tert-OH is 2. The van der Waals surface area contributed by atoms with Crippen molar-refractivity contribution in [2.75, 3.05) is 0 Å². The normalized spacial score (nSPS) is 48.3. The van der Waals surface area contributed by atoms with E-state index in [4.69, 9.17) is 0 Å². The first-order chi connectivity index (χ1) is 8.28. The summed E-state index contributed by atoms with van der Waals surface area (Å²) < 4.78 is 0. The zero-order valence-corrected chi connectivity index (χ0v) is 11.9. The molecule has 2 saturated carbocycles. The predicted octanol–water partition coefficient (Wildman–Crippen LogP) is 2.01. The minimum absolute atomic E-state index is 0.0275. The van der Waals surface area contributed by atoms with E-state index in [0.29, 0.717) is 12.3 Å². The molecule has 104 valence electrons. The molecule has 0 unspecified atom stereocenters. The molecule has 3 nitrogen and oxygen atoms in total. The van der Waals surface area contributed by atoms with Crippen LogP contribution < -0.4 is 0 Å². The van der Waals surface area contributed by atoms with Crippen LogP contribution in [0.4, 0.5) is 0 Å². The Morgan fingerprint density at radius 2 is 1.94 bits per heavy atom. The highest BCUT2D eigenvalue weighted by molar-refractivity contribution is 5.80. The van der Waals surface area contributed by atoms with Crippen LogP contribution in [0.15, 0.2) is 0 Å². The Morgan fingerprint density at radius 3 is 2.44 bits per heavy atom. The van der Waals surface area contributed by atoms with E-state index < -0.39 is 12.2 Å². The summed E-state index contributed by atoms with van der Waals surface area (Å²) in [6, 6.07) is 0. The highest BCUT2D eigenvalue weighted by atomic mass is 16.3. The minimum atomic E-state index is -0.571. The number of Topliss-reactive ketones (excluding diaryl/α,β-unsaturated/α-hetero) is 1. The lowest BCUT2D eigenvalue weighted by atomic mass is 9.60. The lowest BCUT2D eigenvalue weighted by Crippen LogP contribution is -2.47. The number of carbonyl (C=O) groups is 1. The molecule has 3 heteroatoms. The van der Waals surface area contributed by atoms with Gasteiger partial charge in [-0.3, -0.25) is 4.79 Å². The number of fused-ring (bicyclic) bond motifs is 1. The quantitative estimate of drug-likeness (QED) is 0.792. The Hall–Kier alpha value is -0.410. The van der Waals surface area contributed by atoms with E-state index in [1.165, 1.54) is 0 Å². The maximum Gasteiger partial charge on any atom is 0.135 e. The number of rotatable bonds is 2. The topological polar surface area (TPSA) is 57.5 Å². The van der Waals surface area contributed by atoms with Crippen LogP contribution in [0.5, 0.6) is 0 Å². The number of aliphatic hydroxyl groups is 2. The highest BCUT2D eigenvalue weighted by Crippen LogP contribution is 2.57. The Labute approximate surface area is 110 Å². The van der Waals surface area contributed by atoms with Gasteiger partial charge < -0.3 is 10.2 Å². The second-order valence-electron chi connectivity index (χ2n) is 7.02. The second-order valence-corrected chi connectivity index (χ2v) is 7.02. The van der Waals surface area contributed by atoms with Gasteiger partial charge in [-0.25, -0.2) is 0 Å². The van der Waals surface area contributed by atoms with Crippen molar-refractivity contribution >= 4 is 5.78 Å². The van der Waals surface area contributed by atoms with Crippen molar-refractivity contribution in [3.05, 3.63) is 0 Å². The molecular formula is C15H26O3. The van der Waals surface area contributed by atoms with Crippen LogP contribution in [0.2, 0.25) is 0 Å². The van der Waals surface area contributed by atoms with E-state index in [1.807, 2.05) is 0 Å². The van der Waals surface area contributed by atoms with E-state index in [-0.39, 0.29) is 29.0 Å². The van der Waals surface area contributed by atoms with Crippen molar-refractivity contribution in [1.82, 2.24) is 0 Å². The van der Waals surface area contributed by atoms with Crippen molar-refractivity contribution in [3.8, 4) is 0 Å². The molecule has 0 heterocycles. The maximum atomic E-state index is 11.8. The summed E-state index contributed by atoms with van der Waals surface area (Å²) in [4.78, 5) is 11.8. The minimum Gasteiger partial charge on any atom is -0.392 e. The summed E-state index contributed by atoms with van der Waals surface area (Å²) in [5.74, 6) is 0.280. The molecule has 0 amide bonds. The molecule has 18 heavy (non-hydrogen) atoms. The highest BCUT2D eigenvalue weighted by Gasteiger charge is 2.58. The van der Waals surface area contributed by atoms with Gasteiger partial charge in [0.25, 0.3) is 0 Å². The first kappa shape index (κ1) is 14.0. The van der Waals surface area contributed by atoms with Crippen LogP contribution in [0.25, 0.3) is 0 Å². The molecular weight excluding hydrogens is 228 g/mol. The third kappa shape index (κ3) is 2.01. The molecule has 0 aromatic heterocycles. The smallest absolute Gasteiger partial charge is 0.135 e. The summed E-state index contributed by atoms with van der Waals surface area (Å²) in [5.41, 5.74) is -0.0689. The SMILES string of the molecule is CC(=O)[C@H]1[C@H]2[C@@H](O)[C@@H](C(C)C)CC[C@@]2(C)C[C@H]1O. The average Bonchev–Trinajstić information content (AvgIpc) is 2.49. The van der Waals surface area contributed by atoms with Crippen LogP contribution in [-0.4, -0.2) is 28.2 Å². The second kappa shape index (κ2) is 4.61. The van der Waals surface area contributed by atoms with Crippen LogP contribution in [0.3, 0.4) is 0 Å². The van der Waals surface area contributed by atoms with E-state index in [9.17, 15) is 15.0 Å². The largest absolute Gasteiger partial charge is 0.392 e. The van der Waals surface area contributed by atoms with E-state index >= 15 is 0 Å². The fourth-order valence-corrected chi connectivity index (χ4v) is 4.49. The Kier molecular flexibility index (Phi) is 3.58. The summed E-state index contributed by atoms with van der Waals surface area (Å²) >= 11 is 0. The zero-order chi connectivity index (χ0) is 13.7. The van der Waals surface area contributed by atoms with Crippen molar-refractivity contribution in [2.24, 2.45) is 29.1 Å². The van der Waals surface area contributed by atoms with Crippen LogP contribution >= 0.6 is 0 Å². The van der Waals surface area contributed by atoms with Gasteiger partial charge in [0.2, 0.25) is 0 Å². The lowest BCUT2D eigenvalue weighted by Gasteiger charge is -2.46. The lowest BCUT2D eigenvalue weighted by molar-refractivity contribution is -0.132. The van der Waals surface area contributed by atoms with Gasteiger partial charge in [0.15, 0.2) is 0 Å². The van der Waals surface area contributed by atoms with Gasteiger partial charge in [0, 0.05) is 11.8 Å². The monoisotopic (exact) mass is 254 g/mol. The molecule has 0 aromatic carbocycles. The van der Waals surface area contributed by atoms with Crippen LogP contribution in [0.1, 0.15) is 47.0 Å². The van der Waals surface area contributed by atoms with Gasteiger partial charge in [-0.05, 0) is 43.4 Å². The summed E-state index contributed by atoms with van der Waals surface area (Å²) in [7, 11) is 0. The Balaban J connectivity index is 2.32. The van der Waals surface area contributed by atoms with Crippen molar-refractivity contribution in [3.63, 3.8) is 0 Å². The van der Waals surface area contributed by atoms with Crippen LogP contribution in [-0.2, 0) is 4.79 Å². The van der Waals surface area contributed by atoms with Gasteiger partial charge in [-0.2, -0.15) is 0 Å². The van der Waals surface area contributed by atoms with E-state index in [2.05, 4.69) is 20.8 Å². The first-order valence-corrected chi connectivity index (χ1v) is 7.14. The summed E-state index contributed by atoms with van der Waals surface area (Å²) in [5, 5.41) is 20.8. The molecule has 2 fully saturated rings. The van der Waals surface area contributed by atoms with Crippen LogP contribution in [0, 0.1) is 29.1 Å². The molecule has 2 aliphatic carbocycles. The van der Waals surface area contributed by atoms with Gasteiger partial charge in [0.1, 0.15) is 5.78 Å². The number of hydrogen-bond acceptors (Lipinski definition) is 3. The maximum absolute atomic E-state index is 11.8. The van der Waals surface area contributed by atoms with Gasteiger partial charge >= 0.3 is 0 Å². The molecule has 2 rings (SSSR count). The van der Waals surface area contributed by atoms with Gasteiger partial charge in [-0.1, -0.05) is 20.8 Å². The fourth-order valence-electron chi connectivity index (χ4n) is 4.49. The number of carbonyl (C=O) groups excluding carboxylic acids is 1. The van der Waals surface area contributed by atoms with Gasteiger partial charge in [0.05, 0.1) is 12.2 Å². The molecule has 0 aromatic rings. The molecule has 0 spiro atoms. The molecule has 6 atom stereocenters. The standard InChI is InChI=1S/C15H26O3/c1-8(2)10-5-6-15(4)7-11(17)12(9(3)16)13(15)14(10)18/h8,10-14,17-18H,5-7H2,1-4H3/t10-,11-,12-,13+,14+,15+/m1/s1. The number of hydrogen-bond donors (Lipinski definition) is 2. The Bertz CT molecular complexity index is 339. The summed E-state index contributed by atoms with van der Waals surface area (Å²) in [6.45, 7) is 7.93. The average molecular weight is 254 g/mol. The van der Waals surface area contributed by atoms with E-state index in [1.54, 1.807) is 6.92 Å². The van der Waals surface area contributed by atoms with Crippen molar-refractivity contribution in [2.45, 2.75) is 59.2 Å².